The number of halogens is 4. The molecule has 1 aliphatic rings. The topological polar surface area (TPSA) is 15.3 Å². The van der Waals surface area contributed by atoms with Crippen LogP contribution in [0.3, 0.4) is 0 Å². The van der Waals surface area contributed by atoms with Gasteiger partial charge in [0, 0.05) is 32.2 Å². The van der Waals surface area contributed by atoms with Gasteiger partial charge in [0.05, 0.1) is 0 Å². The van der Waals surface area contributed by atoms with Crippen LogP contribution in [0, 0.1) is 17.6 Å². The minimum absolute atomic E-state index is 0. The molecule has 2 nitrogen and oxygen atoms in total. The number of hydrogen-bond donors (Lipinski definition) is 1. The van der Waals surface area contributed by atoms with Crippen molar-refractivity contribution in [3.8, 4) is 0 Å². The Morgan fingerprint density at radius 1 is 1.05 bits per heavy atom. The number of rotatable bonds is 5. The molecule has 0 amide bonds. The second kappa shape index (κ2) is 10.4. The summed E-state index contributed by atoms with van der Waals surface area (Å²) in [5.74, 6) is -0.894. The predicted molar refractivity (Wildman–Crippen MR) is 92.1 cm³/mol. The van der Waals surface area contributed by atoms with Gasteiger partial charge >= 0.3 is 0 Å². The molecule has 2 rings (SSSR count). The van der Waals surface area contributed by atoms with Crippen LogP contribution < -0.4 is 5.32 Å². The van der Waals surface area contributed by atoms with E-state index in [1.807, 2.05) is 0 Å². The molecule has 1 aliphatic heterocycles. The van der Waals surface area contributed by atoms with Crippen molar-refractivity contribution in [2.24, 2.45) is 5.92 Å². The van der Waals surface area contributed by atoms with Gasteiger partial charge in [0.2, 0.25) is 0 Å². The molecule has 0 saturated carbocycles. The number of piperazine rings is 1. The lowest BCUT2D eigenvalue weighted by Crippen LogP contribution is -2.45. The summed E-state index contributed by atoms with van der Waals surface area (Å²) in [6, 6.07) is 4.53. The Hall–Kier alpha value is -0.420. The van der Waals surface area contributed by atoms with E-state index in [9.17, 15) is 8.78 Å². The van der Waals surface area contributed by atoms with Crippen LogP contribution in [0.2, 0.25) is 0 Å². The van der Waals surface area contributed by atoms with E-state index in [0.717, 1.165) is 44.6 Å². The second-order valence-electron chi connectivity index (χ2n) is 5.95. The van der Waals surface area contributed by atoms with Crippen LogP contribution in [-0.2, 0) is 0 Å². The second-order valence-corrected chi connectivity index (χ2v) is 5.95. The van der Waals surface area contributed by atoms with Crippen molar-refractivity contribution in [1.29, 1.82) is 0 Å². The fourth-order valence-corrected chi connectivity index (χ4v) is 2.76. The Balaban J connectivity index is 0.00000220. The van der Waals surface area contributed by atoms with Crippen molar-refractivity contribution < 1.29 is 8.78 Å². The zero-order valence-electron chi connectivity index (χ0n) is 13.1. The third-order valence-corrected chi connectivity index (χ3v) is 3.94. The van der Waals surface area contributed by atoms with Gasteiger partial charge in [-0.1, -0.05) is 19.9 Å². The van der Waals surface area contributed by atoms with Crippen molar-refractivity contribution in [1.82, 2.24) is 10.2 Å². The largest absolute Gasteiger partial charge is 0.314 e. The molecule has 6 heteroatoms. The summed E-state index contributed by atoms with van der Waals surface area (Å²) in [6.45, 7) is 8.23. The van der Waals surface area contributed by atoms with Gasteiger partial charge in [-0.05, 0) is 36.5 Å². The van der Waals surface area contributed by atoms with Gasteiger partial charge < -0.3 is 5.32 Å². The summed E-state index contributed by atoms with van der Waals surface area (Å²) in [4.78, 5) is 2.38. The minimum Gasteiger partial charge on any atom is -0.314 e. The van der Waals surface area contributed by atoms with Gasteiger partial charge in [0.25, 0.3) is 0 Å². The molecular weight excluding hydrogens is 329 g/mol. The highest BCUT2D eigenvalue weighted by atomic mass is 35.5. The third-order valence-electron chi connectivity index (χ3n) is 3.94. The summed E-state index contributed by atoms with van der Waals surface area (Å²) in [7, 11) is 0. The quantitative estimate of drug-likeness (QED) is 0.852. The van der Waals surface area contributed by atoms with Gasteiger partial charge in [0.1, 0.15) is 0 Å². The normalized spacial score (nSPS) is 16.8. The molecule has 0 unspecified atom stereocenters. The number of hydrogen-bond acceptors (Lipinski definition) is 2. The lowest BCUT2D eigenvalue weighted by Gasteiger charge is -2.35. The molecule has 1 atom stereocenters. The standard InChI is InChI=1S/C16H24F2N2.2ClH/c1-12(2)3-6-16(20-9-7-19-8-10-20)13-4-5-14(17)15(18)11-13;;/h4-5,11-12,16,19H,3,6-10H2,1-2H3;2*1H/t16-;;/m0../s1. The van der Waals surface area contributed by atoms with E-state index in [2.05, 4.69) is 24.1 Å². The third kappa shape index (κ3) is 5.99. The molecule has 128 valence electrons. The van der Waals surface area contributed by atoms with E-state index < -0.39 is 11.6 Å². The van der Waals surface area contributed by atoms with Crippen molar-refractivity contribution in [2.45, 2.75) is 32.7 Å². The van der Waals surface area contributed by atoms with E-state index >= 15 is 0 Å². The molecule has 1 N–H and O–H groups in total. The highest BCUT2D eigenvalue weighted by molar-refractivity contribution is 5.85. The smallest absolute Gasteiger partial charge is 0.159 e. The highest BCUT2D eigenvalue weighted by Gasteiger charge is 2.23. The van der Waals surface area contributed by atoms with E-state index in [1.165, 1.54) is 12.1 Å². The molecule has 0 radical (unpaired) electrons. The molecule has 1 aromatic rings. The monoisotopic (exact) mass is 354 g/mol. The molecule has 0 bridgehead atoms. The van der Waals surface area contributed by atoms with Gasteiger partial charge in [-0.2, -0.15) is 0 Å². The molecule has 1 aromatic carbocycles. The van der Waals surface area contributed by atoms with Crippen LogP contribution in [0.5, 0.6) is 0 Å². The van der Waals surface area contributed by atoms with Crippen LogP contribution >= 0.6 is 24.8 Å². The summed E-state index contributed by atoms with van der Waals surface area (Å²) in [5, 5.41) is 3.33. The van der Waals surface area contributed by atoms with Crippen molar-refractivity contribution in [3.63, 3.8) is 0 Å². The summed E-state index contributed by atoms with van der Waals surface area (Å²) in [6.07, 6.45) is 2.08. The Kier molecular flexibility index (Phi) is 10.2. The number of nitrogens with one attached hydrogen (secondary N) is 1. The highest BCUT2D eigenvalue weighted by Crippen LogP contribution is 2.28. The first-order valence-electron chi connectivity index (χ1n) is 7.47. The molecule has 1 fully saturated rings. The van der Waals surface area contributed by atoms with Crippen LogP contribution in [0.1, 0.15) is 38.3 Å². The van der Waals surface area contributed by atoms with Crippen LogP contribution in [0.15, 0.2) is 18.2 Å². The van der Waals surface area contributed by atoms with Gasteiger partial charge in [-0.25, -0.2) is 8.78 Å². The molecule has 0 spiro atoms. The summed E-state index contributed by atoms with van der Waals surface area (Å²) in [5.41, 5.74) is 0.895. The Labute approximate surface area is 144 Å². The fourth-order valence-electron chi connectivity index (χ4n) is 2.76. The lowest BCUT2D eigenvalue weighted by atomic mass is 9.95. The van der Waals surface area contributed by atoms with E-state index in [0.29, 0.717) is 5.92 Å². The molecule has 22 heavy (non-hydrogen) atoms. The van der Waals surface area contributed by atoms with E-state index in [4.69, 9.17) is 0 Å². The average Bonchev–Trinajstić information content (AvgIpc) is 2.44. The zero-order chi connectivity index (χ0) is 14.5. The van der Waals surface area contributed by atoms with Crippen molar-refractivity contribution in [3.05, 3.63) is 35.4 Å². The molecular formula is C16H26Cl2F2N2. The van der Waals surface area contributed by atoms with Crippen molar-refractivity contribution in [2.75, 3.05) is 26.2 Å². The zero-order valence-corrected chi connectivity index (χ0v) is 14.8. The van der Waals surface area contributed by atoms with E-state index in [1.54, 1.807) is 6.07 Å². The van der Waals surface area contributed by atoms with Gasteiger partial charge in [-0.15, -0.1) is 24.8 Å². The summed E-state index contributed by atoms with van der Waals surface area (Å²) >= 11 is 0. The Bertz CT molecular complexity index is 438. The van der Waals surface area contributed by atoms with Crippen LogP contribution in [-0.4, -0.2) is 31.1 Å². The SMILES string of the molecule is CC(C)CC[C@@H](c1ccc(F)c(F)c1)N1CCNCC1.Cl.Cl. The first-order valence-corrected chi connectivity index (χ1v) is 7.47. The molecule has 0 aromatic heterocycles. The molecule has 1 heterocycles. The first-order chi connectivity index (χ1) is 9.58. The minimum atomic E-state index is -0.767. The molecule has 1 saturated heterocycles. The number of nitrogens with zero attached hydrogens (tertiary/aromatic N) is 1. The maximum absolute atomic E-state index is 13.5. The van der Waals surface area contributed by atoms with Crippen LogP contribution in [0.25, 0.3) is 0 Å². The van der Waals surface area contributed by atoms with Gasteiger partial charge in [-0.3, -0.25) is 4.90 Å². The van der Waals surface area contributed by atoms with Crippen molar-refractivity contribution >= 4 is 24.8 Å². The first kappa shape index (κ1) is 21.6. The maximum atomic E-state index is 13.5. The van der Waals surface area contributed by atoms with Gasteiger partial charge in [0.15, 0.2) is 11.6 Å². The molecule has 0 aliphatic carbocycles. The maximum Gasteiger partial charge on any atom is 0.159 e. The fraction of sp³-hybridized carbons (Fsp3) is 0.625. The summed E-state index contributed by atoms with van der Waals surface area (Å²) < 4.78 is 26.6. The lowest BCUT2D eigenvalue weighted by molar-refractivity contribution is 0.159. The number of benzene rings is 1. The van der Waals surface area contributed by atoms with Crippen LogP contribution in [0.4, 0.5) is 8.78 Å². The Morgan fingerprint density at radius 2 is 1.68 bits per heavy atom. The van der Waals surface area contributed by atoms with E-state index in [-0.39, 0.29) is 30.9 Å². The predicted octanol–water partition coefficient (Wildman–Crippen LogP) is 4.19. The Morgan fingerprint density at radius 3 is 2.23 bits per heavy atom. The average molecular weight is 355 g/mol.